The fourth-order valence-corrected chi connectivity index (χ4v) is 2.99. The zero-order valence-electron chi connectivity index (χ0n) is 16.6. The molecule has 162 valence electrons. The summed E-state index contributed by atoms with van der Waals surface area (Å²) in [5.41, 5.74) is 0.766. The van der Waals surface area contributed by atoms with E-state index in [0.717, 1.165) is 17.7 Å². The van der Waals surface area contributed by atoms with Crippen molar-refractivity contribution in [2.45, 2.75) is 25.4 Å². The molecule has 0 aliphatic carbocycles. The third-order valence-corrected chi connectivity index (χ3v) is 4.48. The number of para-hydroxylation sites is 2. The largest absolute Gasteiger partial charge is 0.490 e. The van der Waals surface area contributed by atoms with E-state index in [1.54, 1.807) is 48.5 Å². The average Bonchev–Trinajstić information content (AvgIpc) is 2.72. The molecule has 3 rings (SSSR count). The molecule has 1 N–H and O–H groups in total. The van der Waals surface area contributed by atoms with E-state index in [-0.39, 0.29) is 6.42 Å². The number of carbonyl (C=O) groups is 1. The molecule has 0 aliphatic rings. The number of carboxylic acid groups (broad SMARTS) is 1. The summed E-state index contributed by atoms with van der Waals surface area (Å²) < 4.78 is 49.6. The summed E-state index contributed by atoms with van der Waals surface area (Å²) >= 11 is 0. The Hall–Kier alpha value is -3.48. The first-order valence-electron chi connectivity index (χ1n) is 9.68. The van der Waals surface area contributed by atoms with Crippen molar-refractivity contribution in [2.75, 3.05) is 6.61 Å². The van der Waals surface area contributed by atoms with Crippen LogP contribution in [0.3, 0.4) is 0 Å². The summed E-state index contributed by atoms with van der Waals surface area (Å²) in [6.07, 6.45) is -3.23. The minimum Gasteiger partial charge on any atom is -0.490 e. The highest BCUT2D eigenvalue weighted by Crippen LogP contribution is 2.32. The molecule has 0 aromatic heterocycles. The first-order valence-corrected chi connectivity index (χ1v) is 9.68. The van der Waals surface area contributed by atoms with Crippen LogP contribution in [0.5, 0.6) is 17.2 Å². The van der Waals surface area contributed by atoms with Crippen molar-refractivity contribution in [1.82, 2.24) is 0 Å². The molecule has 0 bridgehead atoms. The van der Waals surface area contributed by atoms with Crippen LogP contribution in [0.4, 0.5) is 13.2 Å². The number of hydrogen-bond donors (Lipinski definition) is 1. The Balaban J connectivity index is 1.56. The van der Waals surface area contributed by atoms with Gasteiger partial charge in [-0.3, -0.25) is 4.79 Å². The number of carboxylic acids is 1. The van der Waals surface area contributed by atoms with E-state index >= 15 is 0 Å². The summed E-state index contributed by atoms with van der Waals surface area (Å²) in [7, 11) is 0. The molecular formula is C24H21F3O4. The number of benzene rings is 3. The Kier molecular flexibility index (Phi) is 7.18. The van der Waals surface area contributed by atoms with E-state index in [1.807, 2.05) is 0 Å². The third-order valence-electron chi connectivity index (χ3n) is 4.48. The van der Waals surface area contributed by atoms with E-state index in [0.29, 0.717) is 42.3 Å². The summed E-state index contributed by atoms with van der Waals surface area (Å²) in [6, 6.07) is 19.0. The Morgan fingerprint density at radius 3 is 2.26 bits per heavy atom. The van der Waals surface area contributed by atoms with Crippen LogP contribution in [0.25, 0.3) is 0 Å². The maximum atomic E-state index is 12.6. The third kappa shape index (κ3) is 6.77. The molecule has 0 aliphatic heterocycles. The maximum absolute atomic E-state index is 12.6. The molecule has 0 saturated heterocycles. The lowest BCUT2D eigenvalue weighted by Crippen LogP contribution is -2.05. The first-order chi connectivity index (χ1) is 14.8. The van der Waals surface area contributed by atoms with Gasteiger partial charge in [-0.05, 0) is 60.4 Å². The lowest BCUT2D eigenvalue weighted by Gasteiger charge is -2.13. The molecule has 0 unspecified atom stereocenters. The lowest BCUT2D eigenvalue weighted by molar-refractivity contribution is -0.138. The van der Waals surface area contributed by atoms with Crippen molar-refractivity contribution in [3.8, 4) is 17.2 Å². The van der Waals surface area contributed by atoms with Crippen LogP contribution in [0.15, 0.2) is 72.8 Å². The van der Waals surface area contributed by atoms with Gasteiger partial charge < -0.3 is 14.6 Å². The minimum absolute atomic E-state index is 0.0979. The number of aliphatic carboxylic acids is 1. The predicted octanol–water partition coefficient (Wildman–Crippen LogP) is 6.14. The molecule has 3 aromatic carbocycles. The fraction of sp³-hybridized carbons (Fsp3) is 0.208. The zero-order chi connectivity index (χ0) is 22.3. The van der Waals surface area contributed by atoms with Crippen molar-refractivity contribution >= 4 is 5.97 Å². The monoisotopic (exact) mass is 430 g/mol. The van der Waals surface area contributed by atoms with Crippen molar-refractivity contribution in [3.05, 3.63) is 89.5 Å². The van der Waals surface area contributed by atoms with Gasteiger partial charge in [0.1, 0.15) is 5.75 Å². The van der Waals surface area contributed by atoms with Crippen molar-refractivity contribution < 1.29 is 32.5 Å². The zero-order valence-corrected chi connectivity index (χ0v) is 16.6. The van der Waals surface area contributed by atoms with Crippen LogP contribution in [-0.4, -0.2) is 17.7 Å². The number of rotatable bonds is 9. The quantitative estimate of drug-likeness (QED) is 0.415. The molecule has 0 fully saturated rings. The summed E-state index contributed by atoms with van der Waals surface area (Å²) in [6.45, 7) is 0.362. The SMILES string of the molecule is O=C(O)Cc1cccc(Oc2ccccc2OCCCc2ccc(C(F)(F)F)cc2)c1. The van der Waals surface area contributed by atoms with Crippen molar-refractivity contribution in [2.24, 2.45) is 0 Å². The summed E-state index contributed by atoms with van der Waals surface area (Å²) in [5.74, 6) is 0.594. The number of aryl methyl sites for hydroxylation is 1. The molecule has 0 heterocycles. The number of alkyl halides is 3. The van der Waals surface area contributed by atoms with E-state index in [9.17, 15) is 18.0 Å². The van der Waals surface area contributed by atoms with E-state index in [1.165, 1.54) is 12.1 Å². The topological polar surface area (TPSA) is 55.8 Å². The van der Waals surface area contributed by atoms with Crippen molar-refractivity contribution in [3.63, 3.8) is 0 Å². The number of halogens is 3. The molecule has 7 heteroatoms. The average molecular weight is 430 g/mol. The van der Waals surface area contributed by atoms with Gasteiger partial charge in [-0.1, -0.05) is 36.4 Å². The molecule has 0 radical (unpaired) electrons. The highest BCUT2D eigenvalue weighted by Gasteiger charge is 2.29. The van der Waals surface area contributed by atoms with Gasteiger partial charge in [0.05, 0.1) is 18.6 Å². The Bertz CT molecular complexity index is 1010. The Morgan fingerprint density at radius 1 is 0.871 bits per heavy atom. The Labute approximate surface area is 177 Å². The number of hydrogen-bond acceptors (Lipinski definition) is 3. The summed E-state index contributed by atoms with van der Waals surface area (Å²) in [5, 5.41) is 8.93. The molecule has 4 nitrogen and oxygen atoms in total. The van der Waals surface area contributed by atoms with Crippen molar-refractivity contribution in [1.29, 1.82) is 0 Å². The predicted molar refractivity (Wildman–Crippen MR) is 110 cm³/mol. The van der Waals surface area contributed by atoms with E-state index in [2.05, 4.69) is 0 Å². The van der Waals surface area contributed by atoms with Gasteiger partial charge in [0.15, 0.2) is 11.5 Å². The molecular weight excluding hydrogens is 409 g/mol. The Morgan fingerprint density at radius 2 is 1.58 bits per heavy atom. The highest BCUT2D eigenvalue weighted by atomic mass is 19.4. The minimum atomic E-state index is -4.33. The smallest absolute Gasteiger partial charge is 0.416 e. The number of ether oxygens (including phenoxy) is 2. The van der Waals surface area contributed by atoms with Gasteiger partial charge in [-0.15, -0.1) is 0 Å². The standard InChI is InChI=1S/C24H21F3O4/c25-24(26,27)19-12-10-17(11-13-19)6-4-14-30-21-8-1-2-9-22(21)31-20-7-3-5-18(15-20)16-23(28)29/h1-3,5,7-13,15H,4,6,14,16H2,(H,28,29). The second kappa shape index (κ2) is 10.0. The maximum Gasteiger partial charge on any atom is 0.416 e. The lowest BCUT2D eigenvalue weighted by atomic mass is 10.1. The van der Waals surface area contributed by atoms with Crippen LogP contribution in [0.1, 0.15) is 23.1 Å². The summed E-state index contributed by atoms with van der Waals surface area (Å²) in [4.78, 5) is 10.9. The molecule has 31 heavy (non-hydrogen) atoms. The molecule has 0 saturated carbocycles. The molecule has 3 aromatic rings. The van der Waals surface area contributed by atoms with Gasteiger partial charge in [-0.2, -0.15) is 13.2 Å². The second-order valence-corrected chi connectivity index (χ2v) is 6.91. The van der Waals surface area contributed by atoms with Gasteiger partial charge >= 0.3 is 12.1 Å². The first kappa shape index (κ1) is 22.2. The van der Waals surface area contributed by atoms with Crippen LogP contribution in [0.2, 0.25) is 0 Å². The molecule has 0 amide bonds. The van der Waals surface area contributed by atoms with E-state index < -0.39 is 17.7 Å². The van der Waals surface area contributed by atoms with Crippen LogP contribution in [0, 0.1) is 0 Å². The van der Waals surface area contributed by atoms with Gasteiger partial charge in [0, 0.05) is 0 Å². The highest BCUT2D eigenvalue weighted by molar-refractivity contribution is 5.70. The fourth-order valence-electron chi connectivity index (χ4n) is 2.99. The normalized spacial score (nSPS) is 11.2. The second-order valence-electron chi connectivity index (χ2n) is 6.91. The van der Waals surface area contributed by atoms with Crippen LogP contribution < -0.4 is 9.47 Å². The molecule has 0 spiro atoms. The van der Waals surface area contributed by atoms with Crippen LogP contribution in [-0.2, 0) is 23.8 Å². The van der Waals surface area contributed by atoms with Gasteiger partial charge in [0.25, 0.3) is 0 Å². The van der Waals surface area contributed by atoms with E-state index in [4.69, 9.17) is 14.6 Å². The van der Waals surface area contributed by atoms with Gasteiger partial charge in [0.2, 0.25) is 0 Å². The molecule has 0 atom stereocenters. The van der Waals surface area contributed by atoms with Crippen LogP contribution >= 0.6 is 0 Å². The van der Waals surface area contributed by atoms with Gasteiger partial charge in [-0.25, -0.2) is 0 Å².